The van der Waals surface area contributed by atoms with E-state index < -0.39 is 26.8 Å². The average molecular weight is 544 g/mol. The Kier molecular flexibility index (Phi) is 6.01. The summed E-state index contributed by atoms with van der Waals surface area (Å²) in [5.74, 6) is 0.513. The van der Waals surface area contributed by atoms with Crippen LogP contribution in [0.2, 0.25) is 0 Å². The topological polar surface area (TPSA) is 133 Å². The molecule has 38 heavy (non-hydrogen) atoms. The number of alkyl halides is 1. The van der Waals surface area contributed by atoms with Gasteiger partial charge >= 0.3 is 0 Å². The summed E-state index contributed by atoms with van der Waals surface area (Å²) in [5.41, 5.74) is 1.47. The molecule has 0 aliphatic carbocycles. The number of carbonyl (C=O) groups is 1. The van der Waals surface area contributed by atoms with Gasteiger partial charge in [-0.3, -0.25) is 4.79 Å². The van der Waals surface area contributed by atoms with Gasteiger partial charge in [0.05, 0.1) is 24.7 Å². The van der Waals surface area contributed by atoms with Crippen molar-refractivity contribution in [3.8, 4) is 11.8 Å². The van der Waals surface area contributed by atoms with E-state index >= 15 is 4.39 Å². The molecule has 0 saturated carbocycles. The SMILES string of the molecule is COc1cc(N2CC(C)(C)c3c2ncnc3N2C[C@@H](C)N(C(=O)[C@@]3(F)CCS3(=O)=O)C[C@@H]2C)cnc1C#N. The molecule has 11 nitrogen and oxygen atoms in total. The van der Waals surface area contributed by atoms with Crippen molar-refractivity contribution in [2.24, 2.45) is 0 Å². The second-order valence-corrected chi connectivity index (χ2v) is 13.1. The molecule has 0 radical (unpaired) electrons. The average Bonchev–Trinajstić information content (AvgIpc) is 3.18. The zero-order valence-corrected chi connectivity index (χ0v) is 22.8. The number of aromatic nitrogens is 3. The van der Waals surface area contributed by atoms with Crippen molar-refractivity contribution in [3.05, 3.63) is 29.8 Å². The Bertz CT molecular complexity index is 1460. The van der Waals surface area contributed by atoms with Gasteiger partial charge in [-0.2, -0.15) is 5.26 Å². The Morgan fingerprint density at radius 1 is 1.18 bits per heavy atom. The number of halogens is 1. The van der Waals surface area contributed by atoms with E-state index in [4.69, 9.17) is 4.74 Å². The van der Waals surface area contributed by atoms with Crippen molar-refractivity contribution in [3.63, 3.8) is 0 Å². The van der Waals surface area contributed by atoms with Crippen LogP contribution < -0.4 is 14.5 Å². The van der Waals surface area contributed by atoms with Crippen LogP contribution in [0.4, 0.5) is 21.7 Å². The highest BCUT2D eigenvalue weighted by Gasteiger charge is 2.61. The summed E-state index contributed by atoms with van der Waals surface area (Å²) >= 11 is 0. The number of nitriles is 1. The van der Waals surface area contributed by atoms with Gasteiger partial charge in [-0.25, -0.2) is 27.8 Å². The van der Waals surface area contributed by atoms with Gasteiger partial charge in [-0.1, -0.05) is 13.8 Å². The minimum absolute atomic E-state index is 0.168. The third-order valence-corrected chi connectivity index (χ3v) is 9.90. The maximum Gasteiger partial charge on any atom is 0.288 e. The van der Waals surface area contributed by atoms with Gasteiger partial charge in [0, 0.05) is 55.2 Å². The van der Waals surface area contributed by atoms with Crippen molar-refractivity contribution in [1.29, 1.82) is 5.26 Å². The molecule has 0 aromatic carbocycles. The van der Waals surface area contributed by atoms with Gasteiger partial charge in [-0.05, 0) is 13.8 Å². The molecule has 2 saturated heterocycles. The van der Waals surface area contributed by atoms with Crippen LogP contribution in [-0.2, 0) is 20.0 Å². The number of carbonyl (C=O) groups excluding carboxylic acids is 1. The standard InChI is InChI=1S/C25H30FN7O4S/c1-15-12-32(23(34)25(26)6-7-38(25,35)36)16(2)11-31(15)21-20-22(30-14-29-21)33(13-24(20,3)4)17-8-19(37-5)18(9-27)28-10-17/h8,10,14-16H,6-7,11-13H2,1-5H3/t15-,16+,25+/m0/s1. The highest BCUT2D eigenvalue weighted by atomic mass is 32.2. The number of methoxy groups -OCH3 is 1. The summed E-state index contributed by atoms with van der Waals surface area (Å²) < 4.78 is 44.5. The van der Waals surface area contributed by atoms with Crippen LogP contribution in [0.25, 0.3) is 0 Å². The zero-order valence-electron chi connectivity index (χ0n) is 22.0. The first-order chi connectivity index (χ1) is 17.8. The third kappa shape index (κ3) is 3.76. The summed E-state index contributed by atoms with van der Waals surface area (Å²) in [5, 5.41) is 6.49. The van der Waals surface area contributed by atoms with Crippen LogP contribution in [0.1, 0.15) is 45.4 Å². The summed E-state index contributed by atoms with van der Waals surface area (Å²) in [6, 6.07) is 3.10. The quantitative estimate of drug-likeness (QED) is 0.564. The van der Waals surface area contributed by atoms with Crippen molar-refractivity contribution in [1.82, 2.24) is 19.9 Å². The maximum atomic E-state index is 15.1. The molecule has 0 bridgehead atoms. The highest BCUT2D eigenvalue weighted by Crippen LogP contribution is 2.48. The molecule has 5 rings (SSSR count). The van der Waals surface area contributed by atoms with Crippen molar-refractivity contribution in [2.75, 3.05) is 42.3 Å². The number of piperazine rings is 1. The second kappa shape index (κ2) is 8.76. The number of hydrogen-bond acceptors (Lipinski definition) is 10. The molecule has 0 N–H and O–H groups in total. The molecule has 3 aliphatic heterocycles. The summed E-state index contributed by atoms with van der Waals surface area (Å²) in [7, 11) is -2.58. The van der Waals surface area contributed by atoms with E-state index in [2.05, 4.69) is 33.7 Å². The minimum Gasteiger partial charge on any atom is -0.494 e. The fraction of sp³-hybridized carbons (Fsp3) is 0.560. The van der Waals surface area contributed by atoms with Crippen LogP contribution in [0.15, 0.2) is 18.6 Å². The van der Waals surface area contributed by atoms with Gasteiger partial charge in [0.25, 0.3) is 10.9 Å². The molecule has 5 heterocycles. The number of ether oxygens (including phenoxy) is 1. The number of anilines is 3. The van der Waals surface area contributed by atoms with E-state index in [1.165, 1.54) is 18.3 Å². The number of pyridine rings is 1. The first-order valence-corrected chi connectivity index (χ1v) is 14.1. The summed E-state index contributed by atoms with van der Waals surface area (Å²) in [6.07, 6.45) is 2.81. The molecule has 1 amide bonds. The largest absolute Gasteiger partial charge is 0.494 e. The van der Waals surface area contributed by atoms with Crippen LogP contribution in [0, 0.1) is 11.3 Å². The number of nitrogens with zero attached hydrogens (tertiary/aromatic N) is 7. The lowest BCUT2D eigenvalue weighted by molar-refractivity contribution is -0.142. The Labute approximate surface area is 221 Å². The van der Waals surface area contributed by atoms with Crippen LogP contribution >= 0.6 is 0 Å². The molecule has 3 aliphatic rings. The Balaban J connectivity index is 1.48. The Hall–Kier alpha value is -3.53. The van der Waals surface area contributed by atoms with E-state index in [9.17, 15) is 18.5 Å². The molecule has 0 spiro atoms. The molecular weight excluding hydrogens is 513 g/mol. The lowest BCUT2D eigenvalue weighted by atomic mass is 9.87. The van der Waals surface area contributed by atoms with E-state index in [-0.39, 0.29) is 35.9 Å². The number of amides is 1. The molecule has 13 heteroatoms. The molecular formula is C25H30FN7O4S. The lowest BCUT2D eigenvalue weighted by Gasteiger charge is -2.47. The first-order valence-electron chi connectivity index (χ1n) is 12.4. The first kappa shape index (κ1) is 26.1. The smallest absolute Gasteiger partial charge is 0.288 e. The predicted molar refractivity (Wildman–Crippen MR) is 138 cm³/mol. The van der Waals surface area contributed by atoms with Gasteiger partial charge in [0.1, 0.15) is 24.0 Å². The van der Waals surface area contributed by atoms with E-state index in [1.54, 1.807) is 19.2 Å². The summed E-state index contributed by atoms with van der Waals surface area (Å²) in [4.78, 5) is 31.9. The van der Waals surface area contributed by atoms with Crippen molar-refractivity contribution >= 4 is 33.1 Å². The number of rotatable bonds is 4. The Morgan fingerprint density at radius 3 is 2.50 bits per heavy atom. The maximum absolute atomic E-state index is 15.1. The number of fused-ring (bicyclic) bond motifs is 1. The number of sulfone groups is 1. The second-order valence-electron chi connectivity index (χ2n) is 10.8. The lowest BCUT2D eigenvalue weighted by Crippen LogP contribution is -2.66. The third-order valence-electron chi connectivity index (χ3n) is 7.79. The normalized spacial score (nSPS) is 27.3. The summed E-state index contributed by atoms with van der Waals surface area (Å²) in [6.45, 7) is 8.99. The van der Waals surface area contributed by atoms with E-state index in [1.807, 2.05) is 17.9 Å². The van der Waals surface area contributed by atoms with Gasteiger partial charge in [0.15, 0.2) is 21.3 Å². The number of hydrogen-bond donors (Lipinski definition) is 0. The van der Waals surface area contributed by atoms with Gasteiger partial charge in [0.2, 0.25) is 0 Å². The Morgan fingerprint density at radius 2 is 1.89 bits per heavy atom. The van der Waals surface area contributed by atoms with Gasteiger partial charge < -0.3 is 19.4 Å². The predicted octanol–water partition coefficient (Wildman–Crippen LogP) is 2.09. The fourth-order valence-corrected chi connectivity index (χ4v) is 6.87. The zero-order chi connectivity index (χ0) is 27.6. The van der Waals surface area contributed by atoms with Crippen LogP contribution in [0.5, 0.6) is 5.75 Å². The minimum atomic E-state index is -4.07. The van der Waals surface area contributed by atoms with Crippen molar-refractivity contribution in [2.45, 2.75) is 56.6 Å². The van der Waals surface area contributed by atoms with E-state index in [0.29, 0.717) is 30.5 Å². The molecule has 2 aromatic heterocycles. The van der Waals surface area contributed by atoms with Crippen LogP contribution in [-0.4, -0.2) is 83.8 Å². The van der Waals surface area contributed by atoms with Crippen LogP contribution in [0.3, 0.4) is 0 Å². The fourth-order valence-electron chi connectivity index (χ4n) is 5.59. The molecule has 0 unspecified atom stereocenters. The molecule has 2 aromatic rings. The monoisotopic (exact) mass is 543 g/mol. The highest BCUT2D eigenvalue weighted by molar-refractivity contribution is 7.94. The van der Waals surface area contributed by atoms with E-state index in [0.717, 1.165) is 11.3 Å². The molecule has 2 fully saturated rings. The van der Waals surface area contributed by atoms with Crippen molar-refractivity contribution < 1.29 is 22.3 Å². The van der Waals surface area contributed by atoms with Gasteiger partial charge in [-0.15, -0.1) is 0 Å². The molecule has 3 atom stereocenters. The molecule has 202 valence electrons.